The van der Waals surface area contributed by atoms with Crippen molar-refractivity contribution in [1.29, 1.82) is 0 Å². The number of esters is 1. The molecule has 0 spiro atoms. The predicted octanol–water partition coefficient (Wildman–Crippen LogP) is 5.13. The van der Waals surface area contributed by atoms with Crippen LogP contribution < -0.4 is 4.74 Å². The molecule has 0 radical (unpaired) electrons. The Morgan fingerprint density at radius 3 is 2.44 bits per heavy atom. The molecule has 0 aliphatic carbocycles. The van der Waals surface area contributed by atoms with E-state index < -0.39 is 5.97 Å². The van der Waals surface area contributed by atoms with E-state index in [0.29, 0.717) is 16.3 Å². The highest BCUT2D eigenvalue weighted by atomic mass is 35.5. The average molecular weight is 353 g/mol. The van der Waals surface area contributed by atoms with Crippen molar-refractivity contribution in [2.24, 2.45) is 0 Å². The number of halogens is 1. The molecule has 3 aromatic carbocycles. The summed E-state index contributed by atoms with van der Waals surface area (Å²) in [4.78, 5) is 12.0. The van der Waals surface area contributed by atoms with Gasteiger partial charge < -0.3 is 9.47 Å². The predicted molar refractivity (Wildman–Crippen MR) is 101 cm³/mol. The van der Waals surface area contributed by atoms with Gasteiger partial charge in [-0.2, -0.15) is 0 Å². The van der Waals surface area contributed by atoms with E-state index in [2.05, 4.69) is 0 Å². The Bertz CT molecular complexity index is 914. The van der Waals surface area contributed by atoms with E-state index in [1.165, 1.54) is 7.11 Å². The van der Waals surface area contributed by atoms with Crippen molar-refractivity contribution in [2.45, 2.75) is 0 Å². The van der Waals surface area contributed by atoms with Gasteiger partial charge in [0.05, 0.1) is 12.7 Å². The van der Waals surface area contributed by atoms with Crippen LogP contribution in [0, 0.1) is 0 Å². The van der Waals surface area contributed by atoms with E-state index >= 15 is 0 Å². The summed E-state index contributed by atoms with van der Waals surface area (Å²) < 4.78 is 10.7. The molecule has 0 saturated carbocycles. The molecule has 25 heavy (non-hydrogen) atoms. The molecular formula is C21H17ClO3. The second kappa shape index (κ2) is 7.86. The first-order valence-corrected chi connectivity index (χ1v) is 8.19. The van der Waals surface area contributed by atoms with Crippen molar-refractivity contribution >= 4 is 34.4 Å². The third kappa shape index (κ3) is 4.40. The van der Waals surface area contributed by atoms with E-state index in [1.54, 1.807) is 18.2 Å². The maximum absolute atomic E-state index is 12.0. The quantitative estimate of drug-likeness (QED) is 0.471. The SMILES string of the molecule is COC(=O)/C(=C/c1ccc(Cl)cc1)COc1ccc2ccccc2c1. The number of rotatable bonds is 5. The van der Waals surface area contributed by atoms with Crippen LogP contribution in [-0.2, 0) is 9.53 Å². The highest BCUT2D eigenvalue weighted by Crippen LogP contribution is 2.21. The second-order valence-electron chi connectivity index (χ2n) is 5.51. The van der Waals surface area contributed by atoms with Gasteiger partial charge in [-0.1, -0.05) is 54.1 Å². The zero-order chi connectivity index (χ0) is 17.6. The molecule has 0 unspecified atom stereocenters. The van der Waals surface area contributed by atoms with Crippen LogP contribution in [0.3, 0.4) is 0 Å². The Labute approximate surface area is 151 Å². The van der Waals surface area contributed by atoms with Crippen molar-refractivity contribution in [2.75, 3.05) is 13.7 Å². The molecule has 126 valence electrons. The van der Waals surface area contributed by atoms with Crippen LogP contribution in [0.5, 0.6) is 5.75 Å². The van der Waals surface area contributed by atoms with E-state index in [9.17, 15) is 4.79 Å². The Balaban J connectivity index is 1.80. The van der Waals surface area contributed by atoms with Crippen LogP contribution in [0.4, 0.5) is 0 Å². The molecular weight excluding hydrogens is 336 g/mol. The molecule has 3 aromatic rings. The summed E-state index contributed by atoms with van der Waals surface area (Å²) in [6.45, 7) is 0.119. The number of carbonyl (C=O) groups is 1. The summed E-state index contributed by atoms with van der Waals surface area (Å²) in [5.41, 5.74) is 1.28. The molecule has 0 heterocycles. The summed E-state index contributed by atoms with van der Waals surface area (Å²) in [5, 5.41) is 2.87. The first kappa shape index (κ1) is 17.1. The van der Waals surface area contributed by atoms with Crippen molar-refractivity contribution < 1.29 is 14.3 Å². The van der Waals surface area contributed by atoms with Crippen LogP contribution >= 0.6 is 11.6 Å². The topological polar surface area (TPSA) is 35.5 Å². The summed E-state index contributed by atoms with van der Waals surface area (Å²) in [7, 11) is 1.36. The van der Waals surface area contributed by atoms with Gasteiger partial charge in [-0.15, -0.1) is 0 Å². The lowest BCUT2D eigenvalue weighted by molar-refractivity contribution is -0.136. The van der Waals surface area contributed by atoms with Crippen LogP contribution in [0.25, 0.3) is 16.8 Å². The molecule has 0 saturated heterocycles. The zero-order valence-corrected chi connectivity index (χ0v) is 14.5. The normalized spacial score (nSPS) is 11.4. The highest BCUT2D eigenvalue weighted by Gasteiger charge is 2.11. The van der Waals surface area contributed by atoms with E-state index in [0.717, 1.165) is 16.3 Å². The summed E-state index contributed by atoms with van der Waals surface area (Å²) in [6, 6.07) is 21.1. The van der Waals surface area contributed by atoms with Gasteiger partial charge in [0.25, 0.3) is 0 Å². The molecule has 0 bridgehead atoms. The molecule has 3 rings (SSSR count). The minimum atomic E-state index is -0.421. The van der Waals surface area contributed by atoms with Gasteiger partial charge in [0.1, 0.15) is 12.4 Å². The van der Waals surface area contributed by atoms with Crippen molar-refractivity contribution in [3.63, 3.8) is 0 Å². The molecule has 0 aliphatic rings. The third-order valence-corrected chi connectivity index (χ3v) is 4.03. The van der Waals surface area contributed by atoms with Crippen molar-refractivity contribution in [3.05, 3.63) is 82.9 Å². The van der Waals surface area contributed by atoms with Gasteiger partial charge in [0.15, 0.2) is 0 Å². The van der Waals surface area contributed by atoms with Crippen molar-refractivity contribution in [1.82, 2.24) is 0 Å². The second-order valence-corrected chi connectivity index (χ2v) is 5.95. The average Bonchev–Trinajstić information content (AvgIpc) is 2.65. The molecule has 0 amide bonds. The number of carbonyl (C=O) groups excluding carboxylic acids is 1. The number of hydrogen-bond acceptors (Lipinski definition) is 3. The number of benzene rings is 3. The summed E-state index contributed by atoms with van der Waals surface area (Å²) >= 11 is 5.89. The number of ether oxygens (including phenoxy) is 2. The Morgan fingerprint density at radius 2 is 1.72 bits per heavy atom. The van der Waals surface area contributed by atoms with Gasteiger partial charge >= 0.3 is 5.97 Å². The van der Waals surface area contributed by atoms with Gasteiger partial charge in [-0.3, -0.25) is 0 Å². The Morgan fingerprint density at radius 1 is 1.00 bits per heavy atom. The molecule has 0 aliphatic heterocycles. The lowest BCUT2D eigenvalue weighted by Gasteiger charge is -2.10. The first-order valence-electron chi connectivity index (χ1n) is 7.82. The lowest BCUT2D eigenvalue weighted by Crippen LogP contribution is -2.12. The molecule has 0 atom stereocenters. The van der Waals surface area contributed by atoms with Crippen LogP contribution in [0.15, 0.2) is 72.3 Å². The van der Waals surface area contributed by atoms with Crippen LogP contribution in [-0.4, -0.2) is 19.7 Å². The maximum atomic E-state index is 12.0. The minimum Gasteiger partial charge on any atom is -0.489 e. The Kier molecular flexibility index (Phi) is 5.36. The molecule has 0 fully saturated rings. The Hall–Kier alpha value is -2.78. The van der Waals surface area contributed by atoms with E-state index in [1.807, 2.05) is 54.6 Å². The van der Waals surface area contributed by atoms with E-state index in [-0.39, 0.29) is 6.61 Å². The standard InChI is InChI=1S/C21H17ClO3/c1-24-21(23)18(12-15-6-9-19(22)10-7-15)14-25-20-11-8-16-4-2-3-5-17(16)13-20/h2-13H,14H2,1H3/b18-12+. The maximum Gasteiger partial charge on any atom is 0.337 e. The fraction of sp³-hybridized carbons (Fsp3) is 0.0952. The number of hydrogen-bond donors (Lipinski definition) is 0. The molecule has 0 aromatic heterocycles. The summed E-state index contributed by atoms with van der Waals surface area (Å²) in [5.74, 6) is 0.278. The number of fused-ring (bicyclic) bond motifs is 1. The fourth-order valence-electron chi connectivity index (χ4n) is 2.47. The molecule has 4 heteroatoms. The van der Waals surface area contributed by atoms with Gasteiger partial charge in [0, 0.05) is 5.02 Å². The molecule has 3 nitrogen and oxygen atoms in total. The van der Waals surface area contributed by atoms with Crippen LogP contribution in [0.2, 0.25) is 5.02 Å². The van der Waals surface area contributed by atoms with E-state index in [4.69, 9.17) is 21.1 Å². The fourth-order valence-corrected chi connectivity index (χ4v) is 2.60. The lowest BCUT2D eigenvalue weighted by atomic mass is 10.1. The minimum absolute atomic E-state index is 0.119. The van der Waals surface area contributed by atoms with Crippen molar-refractivity contribution in [3.8, 4) is 5.75 Å². The largest absolute Gasteiger partial charge is 0.489 e. The number of methoxy groups -OCH3 is 1. The molecule has 0 N–H and O–H groups in total. The third-order valence-electron chi connectivity index (χ3n) is 3.77. The van der Waals surface area contributed by atoms with Gasteiger partial charge in [0.2, 0.25) is 0 Å². The van der Waals surface area contributed by atoms with Crippen LogP contribution in [0.1, 0.15) is 5.56 Å². The smallest absolute Gasteiger partial charge is 0.337 e. The van der Waals surface area contributed by atoms with Gasteiger partial charge in [-0.25, -0.2) is 4.79 Å². The van der Waals surface area contributed by atoms with Gasteiger partial charge in [-0.05, 0) is 46.7 Å². The monoisotopic (exact) mass is 352 g/mol. The summed E-state index contributed by atoms with van der Waals surface area (Å²) in [6.07, 6.45) is 1.74. The first-order chi connectivity index (χ1) is 12.2. The zero-order valence-electron chi connectivity index (χ0n) is 13.7. The highest BCUT2D eigenvalue weighted by molar-refractivity contribution is 6.30.